The van der Waals surface area contributed by atoms with Gasteiger partial charge in [0.05, 0.1) is 12.2 Å². The Hall–Kier alpha value is -2.96. The molecule has 7 heteroatoms. The van der Waals surface area contributed by atoms with Crippen molar-refractivity contribution < 1.29 is 19.1 Å². The zero-order valence-electron chi connectivity index (χ0n) is 12.0. The molecule has 0 radical (unpaired) electrons. The van der Waals surface area contributed by atoms with Crippen molar-refractivity contribution >= 4 is 17.7 Å². The van der Waals surface area contributed by atoms with Crippen molar-refractivity contribution in [1.29, 1.82) is 0 Å². The molecule has 7 nitrogen and oxygen atoms in total. The van der Waals surface area contributed by atoms with Gasteiger partial charge in [-0.05, 0) is 6.92 Å². The van der Waals surface area contributed by atoms with Crippen LogP contribution in [-0.4, -0.2) is 34.0 Å². The van der Waals surface area contributed by atoms with Crippen LogP contribution in [0.2, 0.25) is 0 Å². The third-order valence-corrected chi connectivity index (χ3v) is 2.83. The van der Waals surface area contributed by atoms with E-state index in [2.05, 4.69) is 5.10 Å². The van der Waals surface area contributed by atoms with Gasteiger partial charge in [-0.3, -0.25) is 14.3 Å². The molecule has 22 heavy (non-hydrogen) atoms. The molecule has 0 aliphatic rings. The number of carbonyl (C=O) groups excluding carboxylic acids is 3. The van der Waals surface area contributed by atoms with Crippen LogP contribution in [0.1, 0.15) is 33.3 Å². The van der Waals surface area contributed by atoms with E-state index in [1.165, 1.54) is 6.20 Å². The minimum absolute atomic E-state index is 0.0749. The predicted molar refractivity (Wildman–Crippen MR) is 77.3 cm³/mol. The monoisotopic (exact) mass is 301 g/mol. The fourth-order valence-corrected chi connectivity index (χ4v) is 1.92. The van der Waals surface area contributed by atoms with Crippen LogP contribution in [0.15, 0.2) is 36.5 Å². The maximum atomic E-state index is 12.5. The molecule has 2 N–H and O–H groups in total. The van der Waals surface area contributed by atoms with Gasteiger partial charge in [0.15, 0.2) is 11.5 Å². The van der Waals surface area contributed by atoms with E-state index in [0.29, 0.717) is 5.56 Å². The lowest BCUT2D eigenvalue weighted by Gasteiger charge is -2.01. The number of carbonyl (C=O) groups is 3. The molecule has 1 aromatic heterocycles. The number of esters is 1. The summed E-state index contributed by atoms with van der Waals surface area (Å²) in [6.07, 6.45) is 1.33. The van der Waals surface area contributed by atoms with Crippen LogP contribution in [0.25, 0.3) is 0 Å². The van der Waals surface area contributed by atoms with E-state index >= 15 is 0 Å². The second kappa shape index (κ2) is 6.66. The third-order valence-electron chi connectivity index (χ3n) is 2.83. The Morgan fingerprint density at radius 2 is 1.91 bits per heavy atom. The highest BCUT2D eigenvalue weighted by Gasteiger charge is 2.24. The number of amides is 1. The van der Waals surface area contributed by atoms with Gasteiger partial charge in [0.2, 0.25) is 5.91 Å². The van der Waals surface area contributed by atoms with Gasteiger partial charge < -0.3 is 10.5 Å². The first kappa shape index (κ1) is 15.4. The molecule has 0 bridgehead atoms. The van der Waals surface area contributed by atoms with E-state index in [1.54, 1.807) is 37.3 Å². The van der Waals surface area contributed by atoms with Crippen molar-refractivity contribution in [2.24, 2.45) is 5.73 Å². The fourth-order valence-electron chi connectivity index (χ4n) is 1.92. The van der Waals surface area contributed by atoms with Gasteiger partial charge in [-0.15, -0.1) is 0 Å². The minimum atomic E-state index is -0.718. The van der Waals surface area contributed by atoms with Gasteiger partial charge in [0.1, 0.15) is 6.54 Å². The van der Waals surface area contributed by atoms with E-state index < -0.39 is 11.9 Å². The Kier molecular flexibility index (Phi) is 4.67. The lowest BCUT2D eigenvalue weighted by molar-refractivity contribution is -0.118. The van der Waals surface area contributed by atoms with Crippen LogP contribution < -0.4 is 5.73 Å². The van der Waals surface area contributed by atoms with Crippen molar-refractivity contribution in [1.82, 2.24) is 9.78 Å². The van der Waals surface area contributed by atoms with E-state index in [-0.39, 0.29) is 30.2 Å². The Bertz CT molecular complexity index is 707. The quantitative estimate of drug-likeness (QED) is 0.627. The topological polar surface area (TPSA) is 104 Å². The molecular formula is C15H15N3O4. The summed E-state index contributed by atoms with van der Waals surface area (Å²) in [5, 5.41) is 3.94. The van der Waals surface area contributed by atoms with Crippen molar-refractivity contribution in [3.63, 3.8) is 0 Å². The largest absolute Gasteiger partial charge is 0.461 e. The zero-order valence-corrected chi connectivity index (χ0v) is 12.0. The van der Waals surface area contributed by atoms with Crippen LogP contribution in [0.4, 0.5) is 0 Å². The second-order valence-corrected chi connectivity index (χ2v) is 4.47. The molecule has 0 unspecified atom stereocenters. The highest BCUT2D eigenvalue weighted by molar-refractivity contribution is 6.13. The van der Waals surface area contributed by atoms with Gasteiger partial charge in [-0.2, -0.15) is 5.10 Å². The molecule has 114 valence electrons. The molecule has 1 aromatic carbocycles. The van der Waals surface area contributed by atoms with Crippen LogP contribution in [0.3, 0.4) is 0 Å². The van der Waals surface area contributed by atoms with E-state index in [1.807, 2.05) is 0 Å². The molecule has 0 spiro atoms. The van der Waals surface area contributed by atoms with Crippen LogP contribution in [-0.2, 0) is 16.1 Å². The van der Waals surface area contributed by atoms with Gasteiger partial charge in [0.25, 0.3) is 0 Å². The lowest BCUT2D eigenvalue weighted by atomic mass is 10.0. The molecule has 1 amide bonds. The number of primary amides is 1. The summed E-state index contributed by atoms with van der Waals surface area (Å²) in [6, 6.07) is 8.46. The van der Waals surface area contributed by atoms with E-state index in [0.717, 1.165) is 4.68 Å². The first-order chi connectivity index (χ1) is 10.5. The van der Waals surface area contributed by atoms with Crippen molar-refractivity contribution in [2.75, 3.05) is 6.61 Å². The summed E-state index contributed by atoms with van der Waals surface area (Å²) in [6.45, 7) is 1.58. The SMILES string of the molecule is CCOC(=O)c1nn(CC(N)=O)cc1C(=O)c1ccccc1. The first-order valence-electron chi connectivity index (χ1n) is 6.65. The molecule has 0 saturated heterocycles. The van der Waals surface area contributed by atoms with Crippen LogP contribution >= 0.6 is 0 Å². The maximum Gasteiger partial charge on any atom is 0.359 e. The molecule has 0 aliphatic carbocycles. The number of ketones is 1. The smallest absolute Gasteiger partial charge is 0.359 e. The summed E-state index contributed by atoms with van der Waals surface area (Å²) in [4.78, 5) is 35.4. The van der Waals surface area contributed by atoms with Crippen molar-refractivity contribution in [3.8, 4) is 0 Å². The number of rotatable bonds is 6. The second-order valence-electron chi connectivity index (χ2n) is 4.47. The maximum absolute atomic E-state index is 12.5. The Labute approximate surface area is 126 Å². The highest BCUT2D eigenvalue weighted by Crippen LogP contribution is 2.15. The Morgan fingerprint density at radius 3 is 2.50 bits per heavy atom. The average molecular weight is 301 g/mol. The number of benzene rings is 1. The fraction of sp³-hybridized carbons (Fsp3) is 0.200. The van der Waals surface area contributed by atoms with Gasteiger partial charge in [0, 0.05) is 11.8 Å². The van der Waals surface area contributed by atoms with E-state index in [9.17, 15) is 14.4 Å². The standard InChI is InChI=1S/C15H15N3O4/c1-2-22-15(21)13-11(8-18(17-13)9-12(16)19)14(20)10-6-4-3-5-7-10/h3-8H,2,9H2,1H3,(H2,16,19). The number of ether oxygens (including phenoxy) is 1. The number of hydrogen-bond donors (Lipinski definition) is 1. The number of hydrogen-bond acceptors (Lipinski definition) is 5. The van der Waals surface area contributed by atoms with Crippen LogP contribution in [0.5, 0.6) is 0 Å². The zero-order chi connectivity index (χ0) is 16.1. The Balaban J connectivity index is 2.43. The average Bonchev–Trinajstić information content (AvgIpc) is 2.90. The summed E-state index contributed by atoms with van der Waals surface area (Å²) in [7, 11) is 0. The predicted octanol–water partition coefficient (Wildman–Crippen LogP) is 0.776. The number of nitrogens with two attached hydrogens (primary N) is 1. The normalized spacial score (nSPS) is 10.2. The Morgan fingerprint density at radius 1 is 1.23 bits per heavy atom. The van der Waals surface area contributed by atoms with Crippen molar-refractivity contribution in [2.45, 2.75) is 13.5 Å². The van der Waals surface area contributed by atoms with Crippen molar-refractivity contribution in [3.05, 3.63) is 53.3 Å². The number of nitrogens with zero attached hydrogens (tertiary/aromatic N) is 2. The lowest BCUT2D eigenvalue weighted by Crippen LogP contribution is -2.19. The van der Waals surface area contributed by atoms with Gasteiger partial charge >= 0.3 is 5.97 Å². The van der Waals surface area contributed by atoms with Gasteiger partial charge in [-0.1, -0.05) is 30.3 Å². The van der Waals surface area contributed by atoms with Crippen LogP contribution in [0, 0.1) is 0 Å². The molecule has 2 rings (SSSR count). The summed E-state index contributed by atoms with van der Waals surface area (Å²) in [5.41, 5.74) is 5.46. The number of aromatic nitrogens is 2. The molecule has 0 atom stereocenters. The van der Waals surface area contributed by atoms with E-state index in [4.69, 9.17) is 10.5 Å². The summed E-state index contributed by atoms with van der Waals surface area (Å²) in [5.74, 6) is -1.72. The molecule has 0 aliphatic heterocycles. The molecule has 0 fully saturated rings. The summed E-state index contributed by atoms with van der Waals surface area (Å²) >= 11 is 0. The highest BCUT2D eigenvalue weighted by atomic mass is 16.5. The molecule has 1 heterocycles. The molecule has 2 aromatic rings. The molecular weight excluding hydrogens is 286 g/mol. The summed E-state index contributed by atoms with van der Waals surface area (Å²) < 4.78 is 6.05. The van der Waals surface area contributed by atoms with Gasteiger partial charge in [-0.25, -0.2) is 4.79 Å². The minimum Gasteiger partial charge on any atom is -0.461 e. The first-order valence-corrected chi connectivity index (χ1v) is 6.65. The molecule has 0 saturated carbocycles. The third kappa shape index (κ3) is 3.38.